The topological polar surface area (TPSA) is 97.8 Å². The monoisotopic (exact) mass is 348 g/mol. The summed E-state index contributed by atoms with van der Waals surface area (Å²) in [5, 5.41) is 13.0. The van der Waals surface area contributed by atoms with Gasteiger partial charge in [0.05, 0.1) is 19.1 Å². The van der Waals surface area contributed by atoms with E-state index in [1.54, 1.807) is 0 Å². The molecule has 2 bridgehead atoms. The van der Waals surface area contributed by atoms with Crippen LogP contribution < -0.4 is 10.1 Å². The highest BCUT2D eigenvalue weighted by molar-refractivity contribution is 5.95. The predicted molar refractivity (Wildman–Crippen MR) is 89.3 cm³/mol. The largest absolute Gasteiger partial charge is 0.503 e. The fourth-order valence-corrected chi connectivity index (χ4v) is 4.11. The lowest BCUT2D eigenvalue weighted by Crippen LogP contribution is -2.43. The summed E-state index contributed by atoms with van der Waals surface area (Å²) >= 11 is 0. The second-order valence-corrected chi connectivity index (χ2v) is 7.12. The Balaban J connectivity index is 1.69. The third-order valence-corrected chi connectivity index (χ3v) is 5.11. The van der Waals surface area contributed by atoms with E-state index in [1.165, 1.54) is 19.4 Å². The molecule has 1 aromatic heterocycles. The number of nitrogens with one attached hydrogen (secondary N) is 1. The van der Waals surface area contributed by atoms with Gasteiger partial charge in [0.15, 0.2) is 17.2 Å². The number of nitrogens with zero attached hydrogens (tertiary/aromatic N) is 1. The number of hydrogen-bond donors (Lipinski definition) is 2. The Labute approximate surface area is 146 Å². The maximum absolute atomic E-state index is 12.5. The maximum Gasteiger partial charge on any atom is 0.309 e. The molecule has 0 spiro atoms. The average molecular weight is 348 g/mol. The molecule has 1 aromatic rings. The highest BCUT2D eigenvalue weighted by Gasteiger charge is 2.50. The normalized spacial score (nSPS) is 27.4. The van der Waals surface area contributed by atoms with E-state index in [1.807, 2.05) is 13.8 Å². The van der Waals surface area contributed by atoms with Crippen molar-refractivity contribution in [3.05, 3.63) is 18.0 Å². The number of hydrogen-bond acceptors (Lipinski definition) is 6. The van der Waals surface area contributed by atoms with Crippen molar-refractivity contribution in [3.63, 3.8) is 0 Å². The Morgan fingerprint density at radius 1 is 1.32 bits per heavy atom. The first-order valence-corrected chi connectivity index (χ1v) is 8.64. The standard InChI is InChI=1S/C18H24N2O5/c1-9(2)25-18(23)12-7-10-6-11(12)13(8-10)20-17(22)15-16(21)14(24-3)4-5-19-15/h4-5,9-13,21H,6-8H2,1-3H3,(H,20,22). The van der Waals surface area contributed by atoms with Crippen molar-refractivity contribution < 1.29 is 24.2 Å². The number of esters is 1. The van der Waals surface area contributed by atoms with Crippen LogP contribution >= 0.6 is 0 Å². The van der Waals surface area contributed by atoms with Crippen LogP contribution in [-0.2, 0) is 9.53 Å². The number of amides is 1. The zero-order valence-electron chi connectivity index (χ0n) is 14.7. The molecule has 4 atom stereocenters. The molecule has 2 saturated carbocycles. The lowest BCUT2D eigenvalue weighted by molar-refractivity contribution is -0.154. The van der Waals surface area contributed by atoms with Gasteiger partial charge in [-0.05, 0) is 44.9 Å². The molecule has 1 amide bonds. The van der Waals surface area contributed by atoms with Gasteiger partial charge in [-0.1, -0.05) is 0 Å². The van der Waals surface area contributed by atoms with Crippen molar-refractivity contribution in [2.45, 2.75) is 45.3 Å². The van der Waals surface area contributed by atoms with E-state index in [9.17, 15) is 14.7 Å². The quantitative estimate of drug-likeness (QED) is 0.789. The minimum Gasteiger partial charge on any atom is -0.503 e. The minimum atomic E-state index is -0.454. The molecule has 25 heavy (non-hydrogen) atoms. The van der Waals surface area contributed by atoms with Crippen LogP contribution in [0.3, 0.4) is 0 Å². The van der Waals surface area contributed by atoms with Crippen molar-refractivity contribution in [1.82, 2.24) is 10.3 Å². The molecule has 136 valence electrons. The van der Waals surface area contributed by atoms with E-state index >= 15 is 0 Å². The van der Waals surface area contributed by atoms with Gasteiger partial charge in [0.25, 0.3) is 5.91 Å². The fraction of sp³-hybridized carbons (Fsp3) is 0.611. The third-order valence-electron chi connectivity index (χ3n) is 5.11. The Kier molecular flexibility index (Phi) is 4.83. The molecule has 2 N–H and O–H groups in total. The van der Waals surface area contributed by atoms with E-state index in [-0.39, 0.29) is 47.1 Å². The highest BCUT2D eigenvalue weighted by Crippen LogP contribution is 2.49. The van der Waals surface area contributed by atoms with Crippen LogP contribution in [0.2, 0.25) is 0 Å². The van der Waals surface area contributed by atoms with E-state index < -0.39 is 5.91 Å². The SMILES string of the molecule is COc1ccnc(C(=O)NC2CC3CC(C(=O)OC(C)C)C2C3)c1O. The van der Waals surface area contributed by atoms with Gasteiger partial charge in [-0.2, -0.15) is 0 Å². The van der Waals surface area contributed by atoms with Crippen molar-refractivity contribution >= 4 is 11.9 Å². The van der Waals surface area contributed by atoms with E-state index in [4.69, 9.17) is 9.47 Å². The second kappa shape index (κ2) is 6.90. The zero-order chi connectivity index (χ0) is 18.1. The van der Waals surface area contributed by atoms with Crippen LogP contribution in [0.1, 0.15) is 43.6 Å². The van der Waals surface area contributed by atoms with E-state index in [0.29, 0.717) is 5.92 Å². The summed E-state index contributed by atoms with van der Waals surface area (Å²) in [7, 11) is 1.41. The molecule has 2 aliphatic rings. The first-order valence-electron chi connectivity index (χ1n) is 8.64. The molecule has 4 unspecified atom stereocenters. The number of rotatable bonds is 5. The summed E-state index contributed by atoms with van der Waals surface area (Å²) in [5.41, 5.74) is -0.0663. The average Bonchev–Trinajstić information content (AvgIpc) is 3.14. The molecule has 2 aliphatic carbocycles. The summed E-state index contributed by atoms with van der Waals surface area (Å²) in [6.07, 6.45) is 3.85. The molecule has 0 radical (unpaired) electrons. The van der Waals surface area contributed by atoms with E-state index in [2.05, 4.69) is 10.3 Å². The summed E-state index contributed by atoms with van der Waals surface area (Å²) in [6, 6.07) is 1.38. The predicted octanol–water partition coefficient (Wildman–Crippen LogP) is 1.89. The molecule has 0 aliphatic heterocycles. The summed E-state index contributed by atoms with van der Waals surface area (Å²) in [5.74, 6) is -0.375. The van der Waals surface area contributed by atoms with Crippen LogP contribution in [0, 0.1) is 17.8 Å². The Morgan fingerprint density at radius 2 is 2.08 bits per heavy atom. The van der Waals surface area contributed by atoms with Gasteiger partial charge in [0.2, 0.25) is 0 Å². The summed E-state index contributed by atoms with van der Waals surface area (Å²) < 4.78 is 10.4. The van der Waals surface area contributed by atoms with Gasteiger partial charge in [-0.15, -0.1) is 0 Å². The third kappa shape index (κ3) is 3.41. The first-order chi connectivity index (χ1) is 11.9. The Morgan fingerprint density at radius 3 is 2.72 bits per heavy atom. The Bertz CT molecular complexity index is 675. The van der Waals surface area contributed by atoms with Gasteiger partial charge >= 0.3 is 5.97 Å². The van der Waals surface area contributed by atoms with Crippen molar-refractivity contribution in [3.8, 4) is 11.5 Å². The molecule has 3 rings (SSSR count). The molecular formula is C18H24N2O5. The second-order valence-electron chi connectivity index (χ2n) is 7.12. The van der Waals surface area contributed by atoms with Crippen molar-refractivity contribution in [2.24, 2.45) is 17.8 Å². The number of aromatic hydroxyl groups is 1. The van der Waals surface area contributed by atoms with Crippen molar-refractivity contribution in [1.29, 1.82) is 0 Å². The number of fused-ring (bicyclic) bond motifs is 2. The summed E-state index contributed by atoms with van der Waals surface area (Å²) in [6.45, 7) is 3.67. The number of carbonyl (C=O) groups excluding carboxylic acids is 2. The highest BCUT2D eigenvalue weighted by atomic mass is 16.5. The molecule has 2 fully saturated rings. The number of methoxy groups -OCH3 is 1. The number of carbonyl (C=O) groups is 2. The zero-order valence-corrected chi connectivity index (χ0v) is 14.7. The smallest absolute Gasteiger partial charge is 0.309 e. The lowest BCUT2D eigenvalue weighted by Gasteiger charge is -2.29. The van der Waals surface area contributed by atoms with Gasteiger partial charge in [-0.25, -0.2) is 4.98 Å². The fourth-order valence-electron chi connectivity index (χ4n) is 4.11. The van der Waals surface area contributed by atoms with Crippen LogP contribution in [0.5, 0.6) is 11.5 Å². The lowest BCUT2D eigenvalue weighted by atomic mass is 9.85. The van der Waals surface area contributed by atoms with Crippen LogP contribution in [0.15, 0.2) is 12.3 Å². The maximum atomic E-state index is 12.5. The van der Waals surface area contributed by atoms with Gasteiger partial charge in [-0.3, -0.25) is 9.59 Å². The number of ether oxygens (including phenoxy) is 2. The van der Waals surface area contributed by atoms with Gasteiger partial charge in [0.1, 0.15) is 0 Å². The van der Waals surface area contributed by atoms with E-state index in [0.717, 1.165) is 19.3 Å². The van der Waals surface area contributed by atoms with Gasteiger partial charge < -0.3 is 19.9 Å². The first kappa shape index (κ1) is 17.5. The van der Waals surface area contributed by atoms with Crippen LogP contribution in [-0.4, -0.2) is 41.2 Å². The Hall–Kier alpha value is -2.31. The molecule has 0 saturated heterocycles. The molecular weight excluding hydrogens is 324 g/mol. The van der Waals surface area contributed by atoms with Crippen LogP contribution in [0.4, 0.5) is 0 Å². The minimum absolute atomic E-state index is 0.0663. The van der Waals surface area contributed by atoms with Crippen molar-refractivity contribution in [2.75, 3.05) is 7.11 Å². The molecule has 7 heteroatoms. The van der Waals surface area contributed by atoms with Crippen LogP contribution in [0.25, 0.3) is 0 Å². The number of pyridine rings is 1. The molecule has 0 aromatic carbocycles. The molecule has 1 heterocycles. The number of aromatic nitrogens is 1. The summed E-state index contributed by atoms with van der Waals surface area (Å²) in [4.78, 5) is 28.7. The van der Waals surface area contributed by atoms with Gasteiger partial charge in [0, 0.05) is 18.3 Å². The molecule has 7 nitrogen and oxygen atoms in total.